The Hall–Kier alpha value is -0.850. The predicted molar refractivity (Wildman–Crippen MR) is 62.5 cm³/mol. The summed E-state index contributed by atoms with van der Waals surface area (Å²) in [4.78, 5) is 0. The molecule has 0 aliphatic heterocycles. The summed E-state index contributed by atoms with van der Waals surface area (Å²) in [6.45, 7) is 3.87. The Labute approximate surface area is 96.3 Å². The van der Waals surface area contributed by atoms with Crippen molar-refractivity contribution in [3.05, 3.63) is 24.2 Å². The van der Waals surface area contributed by atoms with E-state index in [9.17, 15) is 8.42 Å². The van der Waals surface area contributed by atoms with E-state index in [0.717, 1.165) is 18.7 Å². The van der Waals surface area contributed by atoms with E-state index in [0.29, 0.717) is 13.0 Å². The minimum atomic E-state index is -3.17. The summed E-state index contributed by atoms with van der Waals surface area (Å²) in [7, 11) is -3.17. The van der Waals surface area contributed by atoms with E-state index in [1.807, 2.05) is 6.92 Å². The van der Waals surface area contributed by atoms with Crippen LogP contribution in [0.15, 0.2) is 23.0 Å². The van der Waals surface area contributed by atoms with Gasteiger partial charge >= 0.3 is 0 Å². The average molecular weight is 246 g/mol. The van der Waals surface area contributed by atoms with Gasteiger partial charge in [-0.1, -0.05) is 6.92 Å². The smallest absolute Gasteiger partial charge is 0.211 e. The van der Waals surface area contributed by atoms with Gasteiger partial charge in [0.2, 0.25) is 10.0 Å². The fourth-order valence-electron chi connectivity index (χ4n) is 1.22. The molecule has 5 nitrogen and oxygen atoms in total. The first kappa shape index (κ1) is 13.2. The molecule has 0 saturated heterocycles. The third-order valence-corrected chi connectivity index (χ3v) is 3.50. The molecular formula is C10H18N2O3S. The number of rotatable bonds is 8. The molecule has 1 heterocycles. The first-order chi connectivity index (χ1) is 7.64. The molecule has 0 bridgehead atoms. The van der Waals surface area contributed by atoms with Crippen LogP contribution in [-0.2, 0) is 16.6 Å². The highest BCUT2D eigenvalue weighted by molar-refractivity contribution is 7.89. The topological polar surface area (TPSA) is 71.3 Å². The van der Waals surface area contributed by atoms with Crippen LogP contribution in [0.5, 0.6) is 0 Å². The van der Waals surface area contributed by atoms with E-state index >= 15 is 0 Å². The highest BCUT2D eigenvalue weighted by Gasteiger charge is 2.09. The molecule has 0 aliphatic carbocycles. The van der Waals surface area contributed by atoms with Crippen LogP contribution in [0.1, 0.15) is 18.9 Å². The SMILES string of the molecule is CCNCCCS(=O)(=O)NCc1ccoc1. The van der Waals surface area contributed by atoms with Crippen molar-refractivity contribution < 1.29 is 12.8 Å². The van der Waals surface area contributed by atoms with Crippen LogP contribution < -0.4 is 10.0 Å². The van der Waals surface area contributed by atoms with Crippen molar-refractivity contribution in [1.82, 2.24) is 10.0 Å². The van der Waals surface area contributed by atoms with Gasteiger partial charge in [0.15, 0.2) is 0 Å². The lowest BCUT2D eigenvalue weighted by molar-refractivity contribution is 0.560. The lowest BCUT2D eigenvalue weighted by atomic mass is 10.4. The molecule has 0 radical (unpaired) electrons. The van der Waals surface area contributed by atoms with Crippen molar-refractivity contribution in [2.45, 2.75) is 19.9 Å². The minimum Gasteiger partial charge on any atom is -0.472 e. The fraction of sp³-hybridized carbons (Fsp3) is 0.600. The maximum atomic E-state index is 11.5. The normalized spacial score (nSPS) is 11.8. The predicted octanol–water partition coefficient (Wildman–Crippen LogP) is 0.699. The van der Waals surface area contributed by atoms with Gasteiger partial charge in [-0.25, -0.2) is 13.1 Å². The molecule has 2 N–H and O–H groups in total. The summed E-state index contributed by atoms with van der Waals surface area (Å²) in [6.07, 6.45) is 3.67. The van der Waals surface area contributed by atoms with E-state index in [-0.39, 0.29) is 5.75 Å². The van der Waals surface area contributed by atoms with Crippen LogP contribution in [0, 0.1) is 0 Å². The van der Waals surface area contributed by atoms with Crippen LogP contribution in [0.25, 0.3) is 0 Å². The first-order valence-corrected chi connectivity index (χ1v) is 6.98. The molecule has 16 heavy (non-hydrogen) atoms. The van der Waals surface area contributed by atoms with Crippen molar-refractivity contribution in [3.63, 3.8) is 0 Å². The monoisotopic (exact) mass is 246 g/mol. The Bertz CT molecular complexity index is 373. The average Bonchev–Trinajstić information content (AvgIpc) is 2.75. The molecule has 1 aromatic rings. The number of sulfonamides is 1. The van der Waals surface area contributed by atoms with Crippen LogP contribution in [-0.4, -0.2) is 27.3 Å². The van der Waals surface area contributed by atoms with E-state index in [4.69, 9.17) is 4.42 Å². The van der Waals surface area contributed by atoms with Crippen LogP contribution in [0.3, 0.4) is 0 Å². The van der Waals surface area contributed by atoms with Gasteiger partial charge in [0.05, 0.1) is 18.3 Å². The molecule has 0 atom stereocenters. The highest BCUT2D eigenvalue weighted by Crippen LogP contribution is 2.00. The summed E-state index contributed by atoms with van der Waals surface area (Å²) in [5, 5.41) is 3.08. The lowest BCUT2D eigenvalue weighted by Crippen LogP contribution is -2.27. The fourth-order valence-corrected chi connectivity index (χ4v) is 2.28. The molecule has 0 unspecified atom stereocenters. The van der Waals surface area contributed by atoms with Gasteiger partial charge in [-0.05, 0) is 25.6 Å². The molecule has 1 rings (SSSR count). The number of nitrogens with one attached hydrogen (secondary N) is 2. The maximum absolute atomic E-state index is 11.5. The van der Waals surface area contributed by atoms with Crippen LogP contribution in [0.4, 0.5) is 0 Å². The maximum Gasteiger partial charge on any atom is 0.211 e. The second-order valence-corrected chi connectivity index (χ2v) is 5.41. The summed E-state index contributed by atoms with van der Waals surface area (Å²) < 4.78 is 30.4. The third-order valence-electron chi connectivity index (χ3n) is 2.09. The van der Waals surface area contributed by atoms with Crippen molar-refractivity contribution in [1.29, 1.82) is 0 Å². The van der Waals surface area contributed by atoms with Gasteiger partial charge in [0.1, 0.15) is 0 Å². The molecule has 0 saturated carbocycles. The quantitative estimate of drug-likeness (QED) is 0.662. The molecule has 6 heteroatoms. The number of hydrogen-bond acceptors (Lipinski definition) is 4. The van der Waals surface area contributed by atoms with Gasteiger partial charge in [0, 0.05) is 12.1 Å². The Kier molecular flexibility index (Phi) is 5.51. The zero-order chi connectivity index (χ0) is 11.9. The van der Waals surface area contributed by atoms with E-state index in [1.54, 1.807) is 6.07 Å². The molecular weight excluding hydrogens is 228 g/mol. The van der Waals surface area contributed by atoms with E-state index in [2.05, 4.69) is 10.0 Å². The number of furan rings is 1. The van der Waals surface area contributed by atoms with Crippen molar-refractivity contribution >= 4 is 10.0 Å². The van der Waals surface area contributed by atoms with Gasteiger partial charge in [-0.15, -0.1) is 0 Å². The second kappa shape index (κ2) is 6.67. The van der Waals surface area contributed by atoms with Gasteiger partial charge in [0.25, 0.3) is 0 Å². The Morgan fingerprint density at radius 3 is 2.88 bits per heavy atom. The van der Waals surface area contributed by atoms with E-state index < -0.39 is 10.0 Å². The third kappa shape index (κ3) is 5.29. The summed E-state index contributed by atoms with van der Waals surface area (Å²) in [5.41, 5.74) is 0.829. The standard InChI is InChI=1S/C10H18N2O3S/c1-2-11-5-3-7-16(13,14)12-8-10-4-6-15-9-10/h4,6,9,11-12H,2-3,5,7-8H2,1H3. The zero-order valence-corrected chi connectivity index (χ0v) is 10.2. The number of hydrogen-bond donors (Lipinski definition) is 2. The van der Waals surface area contributed by atoms with Crippen molar-refractivity contribution in [2.24, 2.45) is 0 Å². The molecule has 0 fully saturated rings. The molecule has 0 amide bonds. The van der Waals surface area contributed by atoms with Crippen LogP contribution >= 0.6 is 0 Å². The Morgan fingerprint density at radius 2 is 2.25 bits per heavy atom. The summed E-state index contributed by atoms with van der Waals surface area (Å²) in [5.74, 6) is 0.151. The highest BCUT2D eigenvalue weighted by atomic mass is 32.2. The minimum absolute atomic E-state index is 0.151. The molecule has 0 aromatic carbocycles. The van der Waals surface area contributed by atoms with Gasteiger partial charge < -0.3 is 9.73 Å². The Balaban J connectivity index is 2.23. The van der Waals surface area contributed by atoms with Gasteiger partial charge in [-0.3, -0.25) is 0 Å². The van der Waals surface area contributed by atoms with E-state index in [1.165, 1.54) is 12.5 Å². The zero-order valence-electron chi connectivity index (χ0n) is 9.40. The first-order valence-electron chi connectivity index (χ1n) is 5.33. The molecule has 0 spiro atoms. The Morgan fingerprint density at radius 1 is 1.44 bits per heavy atom. The molecule has 92 valence electrons. The van der Waals surface area contributed by atoms with Gasteiger partial charge in [-0.2, -0.15) is 0 Å². The molecule has 0 aliphatic rings. The second-order valence-electron chi connectivity index (χ2n) is 3.48. The van der Waals surface area contributed by atoms with Crippen molar-refractivity contribution in [3.8, 4) is 0 Å². The van der Waals surface area contributed by atoms with Crippen LogP contribution in [0.2, 0.25) is 0 Å². The molecule has 1 aromatic heterocycles. The lowest BCUT2D eigenvalue weighted by Gasteiger charge is -2.05. The van der Waals surface area contributed by atoms with Crippen molar-refractivity contribution in [2.75, 3.05) is 18.8 Å². The summed E-state index contributed by atoms with van der Waals surface area (Å²) in [6, 6.07) is 1.74. The summed E-state index contributed by atoms with van der Waals surface area (Å²) >= 11 is 0. The largest absolute Gasteiger partial charge is 0.472 e.